The van der Waals surface area contributed by atoms with E-state index >= 15 is 0 Å². The number of aryl methyl sites for hydroxylation is 1. The van der Waals surface area contributed by atoms with Gasteiger partial charge in [-0.1, -0.05) is 54.6 Å². The van der Waals surface area contributed by atoms with Gasteiger partial charge in [0.15, 0.2) is 5.78 Å². The fraction of sp³-hybridized carbons (Fsp3) is 0.190. The van der Waals surface area contributed by atoms with Crippen molar-refractivity contribution in [2.75, 3.05) is 0 Å². The summed E-state index contributed by atoms with van der Waals surface area (Å²) < 4.78 is 0. The summed E-state index contributed by atoms with van der Waals surface area (Å²) >= 11 is 1.57. The first kappa shape index (κ1) is 17.2. The van der Waals surface area contributed by atoms with Gasteiger partial charge in [-0.15, -0.1) is 11.3 Å². The Bertz CT molecular complexity index is 895. The average Bonchev–Trinajstić information content (AvgIpc) is 2.96. The Balaban J connectivity index is 1.74. The van der Waals surface area contributed by atoms with Crippen LogP contribution in [0.4, 0.5) is 0 Å². The molecule has 0 unspecified atom stereocenters. The number of benzene rings is 2. The summed E-state index contributed by atoms with van der Waals surface area (Å²) in [4.78, 5) is 29.4. The Kier molecular flexibility index (Phi) is 5.19. The number of Topliss-reactive ketones (excluding diaryl/α,β-unsaturated/α-hetero) is 2. The van der Waals surface area contributed by atoms with Crippen LogP contribution in [0.3, 0.4) is 0 Å². The Morgan fingerprint density at radius 2 is 1.64 bits per heavy atom. The molecule has 2 aromatic carbocycles. The second-order valence-corrected chi connectivity index (χ2v) is 7.34. The molecule has 0 bridgehead atoms. The van der Waals surface area contributed by atoms with E-state index in [1.165, 1.54) is 0 Å². The lowest BCUT2D eigenvalue weighted by molar-refractivity contribution is -0.116. The topological polar surface area (TPSA) is 47.0 Å². The predicted octanol–water partition coefficient (Wildman–Crippen LogP) is 4.68. The van der Waals surface area contributed by atoms with Gasteiger partial charge < -0.3 is 0 Å². The summed E-state index contributed by atoms with van der Waals surface area (Å²) in [5.41, 5.74) is 3.61. The quantitative estimate of drug-likeness (QED) is 0.607. The number of carbonyl (C=O) groups is 2. The van der Waals surface area contributed by atoms with Crippen LogP contribution in [0.5, 0.6) is 0 Å². The lowest BCUT2D eigenvalue weighted by Gasteiger charge is -2.01. The average molecular weight is 349 g/mol. The van der Waals surface area contributed by atoms with Crippen LogP contribution in [0.25, 0.3) is 11.3 Å². The predicted molar refractivity (Wildman–Crippen MR) is 101 cm³/mol. The van der Waals surface area contributed by atoms with Gasteiger partial charge in [-0.2, -0.15) is 0 Å². The minimum atomic E-state index is 0.0442. The zero-order valence-corrected chi connectivity index (χ0v) is 15.1. The monoisotopic (exact) mass is 349 g/mol. The molecule has 0 aliphatic rings. The summed E-state index contributed by atoms with van der Waals surface area (Å²) in [5.74, 6) is 0.161. The van der Waals surface area contributed by atoms with Gasteiger partial charge in [-0.25, -0.2) is 4.98 Å². The van der Waals surface area contributed by atoms with Crippen LogP contribution in [0.1, 0.15) is 32.7 Å². The normalized spacial score (nSPS) is 10.6. The molecular formula is C21H19NO2S. The fourth-order valence-corrected chi connectivity index (χ4v) is 3.68. The van der Waals surface area contributed by atoms with E-state index < -0.39 is 0 Å². The lowest BCUT2D eigenvalue weighted by atomic mass is 10.0. The molecule has 0 aliphatic heterocycles. The van der Waals surface area contributed by atoms with E-state index in [0.29, 0.717) is 18.4 Å². The smallest absolute Gasteiger partial charge is 0.169 e. The van der Waals surface area contributed by atoms with E-state index in [0.717, 1.165) is 26.7 Å². The first-order chi connectivity index (χ1) is 12.0. The molecule has 0 aliphatic carbocycles. The van der Waals surface area contributed by atoms with Crippen LogP contribution in [0.2, 0.25) is 0 Å². The molecule has 1 heterocycles. The van der Waals surface area contributed by atoms with Crippen molar-refractivity contribution < 1.29 is 9.59 Å². The van der Waals surface area contributed by atoms with Crippen molar-refractivity contribution in [2.24, 2.45) is 0 Å². The summed E-state index contributed by atoms with van der Waals surface area (Å²) in [6.45, 7) is 3.60. The maximum atomic E-state index is 12.5. The minimum absolute atomic E-state index is 0.0442. The Morgan fingerprint density at radius 3 is 2.28 bits per heavy atom. The van der Waals surface area contributed by atoms with Crippen molar-refractivity contribution in [3.05, 3.63) is 75.6 Å². The molecule has 0 amide bonds. The molecule has 25 heavy (non-hydrogen) atoms. The molecule has 126 valence electrons. The second kappa shape index (κ2) is 7.53. The Morgan fingerprint density at radius 1 is 0.960 bits per heavy atom. The number of nitrogens with zero attached hydrogens (tertiary/aromatic N) is 1. The fourth-order valence-electron chi connectivity index (χ4n) is 2.73. The van der Waals surface area contributed by atoms with Gasteiger partial charge in [0.25, 0.3) is 0 Å². The molecule has 0 atom stereocenters. The maximum absolute atomic E-state index is 12.5. The summed E-state index contributed by atoms with van der Waals surface area (Å²) in [7, 11) is 0. The van der Waals surface area contributed by atoms with Gasteiger partial charge >= 0.3 is 0 Å². The largest absolute Gasteiger partial charge is 0.300 e. The van der Waals surface area contributed by atoms with E-state index in [2.05, 4.69) is 4.98 Å². The Labute approximate surface area is 151 Å². The van der Waals surface area contributed by atoms with Gasteiger partial charge in [0.2, 0.25) is 0 Å². The maximum Gasteiger partial charge on any atom is 0.169 e. The summed E-state index contributed by atoms with van der Waals surface area (Å²) in [5, 5.41) is 0.828. The van der Waals surface area contributed by atoms with Crippen LogP contribution in [-0.4, -0.2) is 16.6 Å². The molecule has 4 heteroatoms. The zero-order valence-electron chi connectivity index (χ0n) is 14.3. The van der Waals surface area contributed by atoms with E-state index in [4.69, 9.17) is 0 Å². The third-order valence-corrected chi connectivity index (χ3v) is 4.90. The highest BCUT2D eigenvalue weighted by molar-refractivity contribution is 7.12. The highest BCUT2D eigenvalue weighted by Crippen LogP contribution is 2.28. The molecule has 3 aromatic rings. The van der Waals surface area contributed by atoms with Gasteiger partial charge in [0.05, 0.1) is 12.1 Å². The van der Waals surface area contributed by atoms with E-state index in [1.54, 1.807) is 30.4 Å². The minimum Gasteiger partial charge on any atom is -0.300 e. The first-order valence-electron chi connectivity index (χ1n) is 8.16. The standard InChI is InChI=1S/C21H19NO2S/c1-14(23)12-16-8-10-17(11-9-16)19(24)13-20-22-21(15(2)25-20)18-6-4-3-5-7-18/h3-11H,12-13H2,1-2H3. The van der Waals surface area contributed by atoms with Crippen LogP contribution < -0.4 is 0 Å². The number of thiazole rings is 1. The molecule has 0 spiro atoms. The van der Waals surface area contributed by atoms with Crippen LogP contribution in [0, 0.1) is 6.92 Å². The molecular weight excluding hydrogens is 330 g/mol. The van der Waals surface area contributed by atoms with Crippen molar-refractivity contribution in [1.82, 2.24) is 4.98 Å². The van der Waals surface area contributed by atoms with Crippen molar-refractivity contribution >= 4 is 22.9 Å². The number of hydrogen-bond donors (Lipinski definition) is 0. The molecule has 3 nitrogen and oxygen atoms in total. The highest BCUT2D eigenvalue weighted by atomic mass is 32.1. The summed E-state index contributed by atoms with van der Waals surface area (Å²) in [6.07, 6.45) is 0.699. The van der Waals surface area contributed by atoms with Gasteiger partial charge in [-0.3, -0.25) is 9.59 Å². The van der Waals surface area contributed by atoms with Crippen molar-refractivity contribution in [3.63, 3.8) is 0 Å². The van der Waals surface area contributed by atoms with E-state index in [-0.39, 0.29) is 11.6 Å². The number of carbonyl (C=O) groups excluding carboxylic acids is 2. The first-order valence-corrected chi connectivity index (χ1v) is 8.98. The molecule has 0 N–H and O–H groups in total. The highest BCUT2D eigenvalue weighted by Gasteiger charge is 2.14. The molecule has 0 saturated carbocycles. The molecule has 0 radical (unpaired) electrons. The second-order valence-electron chi connectivity index (χ2n) is 6.05. The lowest BCUT2D eigenvalue weighted by Crippen LogP contribution is -2.04. The third kappa shape index (κ3) is 4.28. The third-order valence-electron chi connectivity index (χ3n) is 3.93. The van der Waals surface area contributed by atoms with E-state index in [1.807, 2.05) is 49.4 Å². The zero-order chi connectivity index (χ0) is 17.8. The van der Waals surface area contributed by atoms with Gasteiger partial charge in [-0.05, 0) is 19.4 Å². The van der Waals surface area contributed by atoms with E-state index in [9.17, 15) is 9.59 Å². The molecule has 0 fully saturated rings. The van der Waals surface area contributed by atoms with Crippen molar-refractivity contribution in [1.29, 1.82) is 0 Å². The number of aromatic nitrogens is 1. The van der Waals surface area contributed by atoms with Gasteiger partial charge in [0, 0.05) is 22.4 Å². The molecule has 3 rings (SSSR count). The molecule has 1 aromatic heterocycles. The van der Waals surface area contributed by atoms with Crippen LogP contribution >= 0.6 is 11.3 Å². The van der Waals surface area contributed by atoms with Crippen LogP contribution in [0.15, 0.2) is 54.6 Å². The van der Waals surface area contributed by atoms with Crippen molar-refractivity contribution in [3.8, 4) is 11.3 Å². The summed E-state index contributed by atoms with van der Waals surface area (Å²) in [6, 6.07) is 17.3. The molecule has 0 saturated heterocycles. The van der Waals surface area contributed by atoms with Gasteiger partial charge in [0.1, 0.15) is 10.8 Å². The number of ketones is 2. The number of hydrogen-bond acceptors (Lipinski definition) is 4. The van der Waals surface area contributed by atoms with Crippen molar-refractivity contribution in [2.45, 2.75) is 26.7 Å². The van der Waals surface area contributed by atoms with Crippen LogP contribution in [-0.2, 0) is 17.6 Å². The Hall–Kier alpha value is -2.59. The SMILES string of the molecule is CC(=O)Cc1ccc(C(=O)Cc2nc(-c3ccccc3)c(C)s2)cc1. The number of rotatable bonds is 6.